The zero-order valence-electron chi connectivity index (χ0n) is 27.5. The van der Waals surface area contributed by atoms with Gasteiger partial charge in [-0.2, -0.15) is 0 Å². The van der Waals surface area contributed by atoms with Gasteiger partial charge in [-0.25, -0.2) is 4.79 Å². The third kappa shape index (κ3) is 9.08. The monoisotopic (exact) mass is 692 g/mol. The van der Waals surface area contributed by atoms with Crippen molar-refractivity contribution in [1.82, 2.24) is 9.80 Å². The van der Waals surface area contributed by atoms with Crippen molar-refractivity contribution in [3.8, 4) is 5.75 Å². The number of fused-ring (bicyclic) bond motifs is 2. The maximum Gasteiger partial charge on any atom is 0.573 e. The standard InChI is InChI=1S/C32H39F3N6O8/c1-19(40-17-22-7-8-23(18-40)47-22)28(42)37-25-15-20(5-10-27(25)48-32(33,34)35)36-29(43)24-9-6-21(16-26(24)41(45)46)38-11-13-39(14-12-38)30(44)49-31(2,3)4/h5-6,9-10,15-16,19,22-23H,7-8,11-14,17-18H2,1-4H3,(H,36,43)(H,37,42). The summed E-state index contributed by atoms with van der Waals surface area (Å²) >= 11 is 0. The van der Waals surface area contributed by atoms with Gasteiger partial charge in [-0.3, -0.25) is 24.6 Å². The van der Waals surface area contributed by atoms with Gasteiger partial charge < -0.3 is 34.6 Å². The van der Waals surface area contributed by atoms with Crippen LogP contribution in [-0.4, -0.2) is 102 Å². The number of likely N-dealkylation sites (tertiary alicyclic amines) is 1. The molecule has 2 aromatic rings. The van der Waals surface area contributed by atoms with Gasteiger partial charge in [-0.05, 0) is 70.9 Å². The molecule has 0 radical (unpaired) electrons. The van der Waals surface area contributed by atoms with Crippen LogP contribution < -0.4 is 20.3 Å². The summed E-state index contributed by atoms with van der Waals surface area (Å²) in [5.74, 6) is -2.18. The number of benzene rings is 2. The zero-order valence-corrected chi connectivity index (χ0v) is 27.5. The van der Waals surface area contributed by atoms with Gasteiger partial charge in [0.25, 0.3) is 11.6 Å². The molecule has 2 N–H and O–H groups in total. The predicted octanol–water partition coefficient (Wildman–Crippen LogP) is 4.99. The first-order valence-electron chi connectivity index (χ1n) is 15.9. The molecule has 3 heterocycles. The lowest BCUT2D eigenvalue weighted by Gasteiger charge is -2.36. The molecule has 3 fully saturated rings. The highest BCUT2D eigenvalue weighted by Crippen LogP contribution is 2.35. The van der Waals surface area contributed by atoms with Crippen LogP contribution in [0.25, 0.3) is 0 Å². The first kappa shape index (κ1) is 35.7. The maximum absolute atomic E-state index is 13.3. The van der Waals surface area contributed by atoms with Crippen molar-refractivity contribution in [3.05, 3.63) is 52.1 Å². The minimum atomic E-state index is -5.07. The molecule has 0 spiro atoms. The molecular weight excluding hydrogens is 653 g/mol. The summed E-state index contributed by atoms with van der Waals surface area (Å²) in [6, 6.07) is 6.53. The summed E-state index contributed by atoms with van der Waals surface area (Å²) in [6.45, 7) is 9.34. The molecule has 3 atom stereocenters. The molecule has 3 unspecified atom stereocenters. The molecule has 3 amide bonds. The number of carbonyl (C=O) groups is 3. The molecule has 0 aromatic heterocycles. The summed E-state index contributed by atoms with van der Waals surface area (Å²) in [7, 11) is 0. The Morgan fingerprint density at radius 3 is 2.22 bits per heavy atom. The molecule has 2 aromatic carbocycles. The van der Waals surface area contributed by atoms with E-state index in [0.29, 0.717) is 45.0 Å². The van der Waals surface area contributed by atoms with Crippen LogP contribution in [0.5, 0.6) is 5.75 Å². The highest BCUT2D eigenvalue weighted by molar-refractivity contribution is 6.08. The molecule has 3 saturated heterocycles. The fourth-order valence-electron chi connectivity index (χ4n) is 6.02. The van der Waals surface area contributed by atoms with Gasteiger partial charge in [-0.15, -0.1) is 13.2 Å². The van der Waals surface area contributed by atoms with E-state index in [-0.39, 0.29) is 29.1 Å². The van der Waals surface area contributed by atoms with E-state index in [9.17, 15) is 37.7 Å². The van der Waals surface area contributed by atoms with Gasteiger partial charge in [0.2, 0.25) is 5.91 Å². The SMILES string of the molecule is CC(C(=O)Nc1cc(NC(=O)c2ccc(N3CCN(C(=O)OC(C)(C)C)CC3)cc2[N+](=O)[O-])ccc1OC(F)(F)F)N1CC2CCC(C1)O2. The van der Waals surface area contributed by atoms with Crippen molar-refractivity contribution >= 4 is 40.7 Å². The number of nitro benzene ring substituents is 1. The summed E-state index contributed by atoms with van der Waals surface area (Å²) in [5.41, 5.74) is -1.36. The van der Waals surface area contributed by atoms with Crippen LogP contribution in [0.1, 0.15) is 50.9 Å². The first-order chi connectivity index (χ1) is 23.0. The topological polar surface area (TPSA) is 156 Å². The molecule has 2 bridgehead atoms. The number of hydrogen-bond donors (Lipinski definition) is 2. The molecule has 49 heavy (non-hydrogen) atoms. The van der Waals surface area contributed by atoms with Crippen molar-refractivity contribution in [2.75, 3.05) is 54.8 Å². The average Bonchev–Trinajstić information content (AvgIpc) is 3.36. The third-order valence-electron chi connectivity index (χ3n) is 8.44. The van der Waals surface area contributed by atoms with Crippen LogP contribution in [0.4, 0.5) is 40.7 Å². The Morgan fingerprint density at radius 2 is 1.63 bits per heavy atom. The third-order valence-corrected chi connectivity index (χ3v) is 8.44. The van der Waals surface area contributed by atoms with Gasteiger partial charge >= 0.3 is 12.5 Å². The van der Waals surface area contributed by atoms with Gasteiger partial charge in [0.15, 0.2) is 5.75 Å². The van der Waals surface area contributed by atoms with E-state index in [1.54, 1.807) is 32.6 Å². The van der Waals surface area contributed by atoms with Crippen LogP contribution in [0.2, 0.25) is 0 Å². The second kappa shape index (κ2) is 14.1. The lowest BCUT2D eigenvalue weighted by molar-refractivity contribution is -0.385. The lowest BCUT2D eigenvalue weighted by atomic mass is 10.1. The average molecular weight is 693 g/mol. The molecule has 5 rings (SSSR count). The quantitative estimate of drug-likeness (QED) is 0.286. The van der Waals surface area contributed by atoms with Crippen molar-refractivity contribution < 1.29 is 46.7 Å². The van der Waals surface area contributed by atoms with Gasteiger partial charge in [0.1, 0.15) is 11.2 Å². The Balaban J connectivity index is 1.29. The first-order valence-corrected chi connectivity index (χ1v) is 15.9. The Labute approximate surface area is 280 Å². The number of nitrogens with one attached hydrogen (secondary N) is 2. The number of anilines is 3. The van der Waals surface area contributed by atoms with Gasteiger partial charge in [0.05, 0.1) is 28.9 Å². The number of hydrogen-bond acceptors (Lipinski definition) is 10. The smallest absolute Gasteiger partial charge is 0.444 e. The number of alkyl halides is 3. The van der Waals surface area contributed by atoms with E-state index < -0.39 is 52.3 Å². The van der Waals surface area contributed by atoms with Crippen molar-refractivity contribution in [2.24, 2.45) is 0 Å². The number of halogens is 3. The number of piperazine rings is 1. The minimum absolute atomic E-state index is 0.0100. The molecule has 17 heteroatoms. The number of rotatable bonds is 8. The van der Waals surface area contributed by atoms with E-state index in [4.69, 9.17) is 9.47 Å². The van der Waals surface area contributed by atoms with Gasteiger partial charge in [0, 0.05) is 56.7 Å². The second-order valence-electron chi connectivity index (χ2n) is 13.2. The van der Waals surface area contributed by atoms with E-state index in [2.05, 4.69) is 15.4 Å². The van der Waals surface area contributed by atoms with Crippen molar-refractivity contribution in [1.29, 1.82) is 0 Å². The van der Waals surface area contributed by atoms with Crippen molar-refractivity contribution in [2.45, 2.75) is 70.7 Å². The van der Waals surface area contributed by atoms with Crippen LogP contribution in [0.15, 0.2) is 36.4 Å². The van der Waals surface area contributed by atoms with E-state index in [1.165, 1.54) is 18.2 Å². The lowest BCUT2D eigenvalue weighted by Crippen LogP contribution is -2.51. The normalized spacial score (nSPS) is 20.4. The predicted molar refractivity (Wildman–Crippen MR) is 172 cm³/mol. The summed E-state index contributed by atoms with van der Waals surface area (Å²) in [4.78, 5) is 55.5. The Kier molecular flexibility index (Phi) is 10.2. The molecule has 14 nitrogen and oxygen atoms in total. The largest absolute Gasteiger partial charge is 0.573 e. The number of ether oxygens (including phenoxy) is 3. The van der Waals surface area contributed by atoms with Crippen LogP contribution in [-0.2, 0) is 14.3 Å². The molecule has 3 aliphatic rings. The second-order valence-corrected chi connectivity index (χ2v) is 13.2. The number of nitrogens with zero attached hydrogens (tertiary/aromatic N) is 4. The number of amides is 3. The van der Waals surface area contributed by atoms with Crippen molar-refractivity contribution in [3.63, 3.8) is 0 Å². The summed E-state index contributed by atoms with van der Waals surface area (Å²) in [5, 5.41) is 17.0. The number of nitro groups is 1. The summed E-state index contributed by atoms with van der Waals surface area (Å²) in [6.07, 6.45) is -3.80. The molecular formula is C32H39F3N6O8. The van der Waals surface area contributed by atoms with E-state index >= 15 is 0 Å². The molecule has 3 aliphatic heterocycles. The van der Waals surface area contributed by atoms with Crippen LogP contribution in [0.3, 0.4) is 0 Å². The summed E-state index contributed by atoms with van der Waals surface area (Å²) < 4.78 is 55.0. The van der Waals surface area contributed by atoms with Crippen LogP contribution >= 0.6 is 0 Å². The zero-order chi connectivity index (χ0) is 35.7. The fraction of sp³-hybridized carbons (Fsp3) is 0.531. The number of morpholine rings is 1. The van der Waals surface area contributed by atoms with Crippen LogP contribution in [0, 0.1) is 10.1 Å². The number of carbonyl (C=O) groups excluding carboxylic acids is 3. The van der Waals surface area contributed by atoms with Gasteiger partial charge in [-0.1, -0.05) is 0 Å². The molecule has 0 saturated carbocycles. The fourth-order valence-corrected chi connectivity index (χ4v) is 6.02. The Hall–Kier alpha value is -4.64. The maximum atomic E-state index is 13.3. The Bertz CT molecular complexity index is 1580. The molecule has 0 aliphatic carbocycles. The molecule has 266 valence electrons. The Morgan fingerprint density at radius 1 is 0.980 bits per heavy atom. The highest BCUT2D eigenvalue weighted by Gasteiger charge is 2.38. The van der Waals surface area contributed by atoms with E-state index in [0.717, 1.165) is 31.0 Å². The minimum Gasteiger partial charge on any atom is -0.444 e. The highest BCUT2D eigenvalue weighted by atomic mass is 19.4. The van der Waals surface area contributed by atoms with E-state index in [1.807, 2.05) is 9.80 Å².